The fourth-order valence-electron chi connectivity index (χ4n) is 2.76. The molecule has 0 amide bonds. The summed E-state index contributed by atoms with van der Waals surface area (Å²) < 4.78 is 19.9. The van der Waals surface area contributed by atoms with Crippen LogP contribution < -0.4 is 0 Å². The molecule has 1 aromatic carbocycles. The van der Waals surface area contributed by atoms with Crippen LogP contribution in [0.4, 0.5) is 0 Å². The van der Waals surface area contributed by atoms with Crippen molar-refractivity contribution in [2.45, 2.75) is 32.5 Å². The highest BCUT2D eigenvalue weighted by molar-refractivity contribution is 5.98. The zero-order valence-electron chi connectivity index (χ0n) is 16.1. The Hall–Kier alpha value is -3.16. The molecule has 1 saturated heterocycles. The number of carbonyl (C=O) groups excluding carboxylic acids is 4. The maximum absolute atomic E-state index is 12.5. The van der Waals surface area contributed by atoms with E-state index in [2.05, 4.69) is 4.74 Å². The van der Waals surface area contributed by atoms with Gasteiger partial charge in [-0.15, -0.1) is 0 Å². The molecule has 0 aliphatic carbocycles. The molecule has 1 aromatic rings. The van der Waals surface area contributed by atoms with Crippen molar-refractivity contribution < 1.29 is 38.1 Å². The van der Waals surface area contributed by atoms with Gasteiger partial charge in [-0.3, -0.25) is 14.4 Å². The lowest BCUT2D eigenvalue weighted by Gasteiger charge is -2.35. The number of esters is 4. The number of ether oxygens (including phenoxy) is 4. The van der Waals surface area contributed by atoms with E-state index in [0.717, 1.165) is 0 Å². The van der Waals surface area contributed by atoms with E-state index in [-0.39, 0.29) is 6.61 Å². The Morgan fingerprint density at radius 3 is 2.21 bits per heavy atom. The van der Waals surface area contributed by atoms with Crippen molar-refractivity contribution in [1.82, 2.24) is 0 Å². The Morgan fingerprint density at radius 2 is 1.71 bits per heavy atom. The third-order valence-electron chi connectivity index (χ3n) is 4.00. The second kappa shape index (κ2) is 8.69. The zero-order valence-corrected chi connectivity index (χ0v) is 16.1. The van der Waals surface area contributed by atoms with Gasteiger partial charge in [0.25, 0.3) is 5.79 Å². The molecule has 0 saturated carbocycles. The minimum Gasteiger partial charge on any atom is -0.465 e. The van der Waals surface area contributed by atoms with Gasteiger partial charge >= 0.3 is 23.9 Å². The first-order valence-electron chi connectivity index (χ1n) is 8.58. The summed E-state index contributed by atoms with van der Waals surface area (Å²) in [7, 11) is 1.27. The van der Waals surface area contributed by atoms with E-state index < -0.39 is 41.5 Å². The van der Waals surface area contributed by atoms with Gasteiger partial charge in [0, 0.05) is 26.7 Å². The van der Waals surface area contributed by atoms with Crippen molar-refractivity contribution in [3.8, 4) is 0 Å². The van der Waals surface area contributed by atoms with Gasteiger partial charge in [0.1, 0.15) is 6.61 Å². The number of rotatable bonds is 6. The average molecular weight is 390 g/mol. The Balaban J connectivity index is 2.34. The maximum atomic E-state index is 12.5. The smallest absolute Gasteiger partial charge is 0.337 e. The first kappa shape index (κ1) is 21.1. The third-order valence-corrected chi connectivity index (χ3v) is 4.00. The van der Waals surface area contributed by atoms with E-state index in [0.29, 0.717) is 11.1 Å². The van der Waals surface area contributed by atoms with Crippen LogP contribution in [0.2, 0.25) is 0 Å². The summed E-state index contributed by atoms with van der Waals surface area (Å²) in [6.45, 7) is 4.19. The molecular formula is C20H22O8. The van der Waals surface area contributed by atoms with Crippen LogP contribution in [0, 0.1) is 5.92 Å². The SMILES string of the molecule is COC(=O)c1ccc(C(/C=C/COC(C)=O)C2C(=O)OC(C)(C)OC2=O)cc1. The van der Waals surface area contributed by atoms with E-state index in [4.69, 9.17) is 14.2 Å². The van der Waals surface area contributed by atoms with Gasteiger partial charge in [-0.25, -0.2) is 4.79 Å². The fraction of sp³-hybridized carbons (Fsp3) is 0.400. The predicted octanol–water partition coefficient (Wildman–Crippen LogP) is 2.13. The Kier molecular flexibility index (Phi) is 6.56. The van der Waals surface area contributed by atoms with Crippen LogP contribution in [0.1, 0.15) is 42.6 Å². The average Bonchev–Trinajstić information content (AvgIpc) is 2.61. The number of hydrogen-bond acceptors (Lipinski definition) is 8. The molecule has 150 valence electrons. The molecular weight excluding hydrogens is 368 g/mol. The Labute approximate surface area is 162 Å². The van der Waals surface area contributed by atoms with Crippen molar-refractivity contribution >= 4 is 23.9 Å². The summed E-state index contributed by atoms with van der Waals surface area (Å²) >= 11 is 0. The van der Waals surface area contributed by atoms with Gasteiger partial charge in [-0.2, -0.15) is 0 Å². The minimum atomic E-state index is -1.34. The molecule has 1 unspecified atom stereocenters. The summed E-state index contributed by atoms with van der Waals surface area (Å²) in [4.78, 5) is 47.5. The fourth-order valence-corrected chi connectivity index (χ4v) is 2.76. The number of hydrogen-bond donors (Lipinski definition) is 0. The first-order chi connectivity index (χ1) is 13.1. The van der Waals surface area contributed by atoms with Crippen molar-refractivity contribution in [1.29, 1.82) is 0 Å². The normalized spacial score (nSPS) is 17.6. The van der Waals surface area contributed by atoms with E-state index >= 15 is 0 Å². The van der Waals surface area contributed by atoms with Crippen molar-refractivity contribution in [3.05, 3.63) is 47.5 Å². The van der Waals surface area contributed by atoms with Crippen LogP contribution in [-0.4, -0.2) is 43.4 Å². The number of methoxy groups -OCH3 is 1. The van der Waals surface area contributed by atoms with Crippen molar-refractivity contribution in [2.75, 3.05) is 13.7 Å². The van der Waals surface area contributed by atoms with Crippen LogP contribution >= 0.6 is 0 Å². The summed E-state index contributed by atoms with van der Waals surface area (Å²) in [6, 6.07) is 6.26. The number of allylic oxidation sites excluding steroid dienone is 1. The van der Waals surface area contributed by atoms with E-state index in [9.17, 15) is 19.2 Å². The Morgan fingerprint density at radius 1 is 1.14 bits per heavy atom. The predicted molar refractivity (Wildman–Crippen MR) is 96.0 cm³/mol. The van der Waals surface area contributed by atoms with Crippen molar-refractivity contribution in [3.63, 3.8) is 0 Å². The molecule has 1 aliphatic heterocycles. The van der Waals surface area contributed by atoms with Gasteiger partial charge in [-0.05, 0) is 17.7 Å². The van der Waals surface area contributed by atoms with E-state index in [1.807, 2.05) is 0 Å². The summed E-state index contributed by atoms with van der Waals surface area (Å²) in [6.07, 6.45) is 3.10. The van der Waals surface area contributed by atoms with Gasteiger partial charge in [0.2, 0.25) is 0 Å². The minimum absolute atomic E-state index is 0.0195. The molecule has 8 heteroatoms. The third kappa shape index (κ3) is 5.18. The lowest BCUT2D eigenvalue weighted by atomic mass is 9.84. The van der Waals surface area contributed by atoms with E-state index in [1.165, 1.54) is 46.1 Å². The van der Waals surface area contributed by atoms with E-state index in [1.54, 1.807) is 18.2 Å². The molecule has 0 radical (unpaired) electrons. The highest BCUT2D eigenvalue weighted by atomic mass is 16.7. The molecule has 0 bridgehead atoms. The number of cyclic esters (lactones) is 2. The first-order valence-corrected chi connectivity index (χ1v) is 8.58. The standard InChI is InChI=1S/C20H22O8/c1-12(21)26-11-5-6-15(13-7-9-14(10-8-13)17(22)25-4)16-18(23)27-20(2,3)28-19(16)24/h5-10,15-16H,11H2,1-4H3/b6-5+. The molecule has 1 heterocycles. The van der Waals surface area contributed by atoms with Crippen LogP contribution in [0.15, 0.2) is 36.4 Å². The molecule has 1 fully saturated rings. The molecule has 1 atom stereocenters. The molecule has 0 spiro atoms. The monoisotopic (exact) mass is 390 g/mol. The number of carbonyl (C=O) groups is 4. The lowest BCUT2D eigenvalue weighted by Crippen LogP contribution is -2.48. The Bertz CT molecular complexity index is 771. The highest BCUT2D eigenvalue weighted by Gasteiger charge is 2.46. The molecule has 0 N–H and O–H groups in total. The molecule has 0 aromatic heterocycles. The molecule has 2 rings (SSSR count). The van der Waals surface area contributed by atoms with Crippen LogP contribution in [0.5, 0.6) is 0 Å². The summed E-state index contributed by atoms with van der Waals surface area (Å²) in [5.74, 6) is -5.72. The van der Waals surface area contributed by atoms with Crippen LogP contribution in [0.3, 0.4) is 0 Å². The van der Waals surface area contributed by atoms with Gasteiger partial charge < -0.3 is 18.9 Å². The van der Waals surface area contributed by atoms with Gasteiger partial charge in [0.05, 0.1) is 12.7 Å². The molecule has 1 aliphatic rings. The molecule has 8 nitrogen and oxygen atoms in total. The van der Waals surface area contributed by atoms with Crippen LogP contribution in [-0.2, 0) is 33.3 Å². The lowest BCUT2D eigenvalue weighted by molar-refractivity contribution is -0.240. The topological polar surface area (TPSA) is 105 Å². The van der Waals surface area contributed by atoms with Crippen molar-refractivity contribution in [2.24, 2.45) is 5.92 Å². The second-order valence-electron chi connectivity index (χ2n) is 6.59. The second-order valence-corrected chi connectivity index (χ2v) is 6.59. The summed E-state index contributed by atoms with van der Waals surface area (Å²) in [5.41, 5.74) is 0.897. The molecule has 28 heavy (non-hydrogen) atoms. The zero-order chi connectivity index (χ0) is 20.9. The largest absolute Gasteiger partial charge is 0.465 e. The highest BCUT2D eigenvalue weighted by Crippen LogP contribution is 2.34. The quantitative estimate of drug-likeness (QED) is 0.315. The number of benzene rings is 1. The van der Waals surface area contributed by atoms with Gasteiger partial charge in [0.15, 0.2) is 5.92 Å². The van der Waals surface area contributed by atoms with Crippen LogP contribution in [0.25, 0.3) is 0 Å². The summed E-state index contributed by atoms with van der Waals surface area (Å²) in [5, 5.41) is 0. The van der Waals surface area contributed by atoms with Gasteiger partial charge in [-0.1, -0.05) is 24.3 Å². The maximum Gasteiger partial charge on any atom is 0.337 e.